The minimum atomic E-state index is -0.606. The second-order valence-electron chi connectivity index (χ2n) is 7.88. The lowest BCUT2D eigenvalue weighted by Gasteiger charge is -2.49. The number of rotatable bonds is 5. The molecular weight excluding hydrogens is 521 g/mol. The van der Waals surface area contributed by atoms with E-state index in [1.54, 1.807) is 6.20 Å². The summed E-state index contributed by atoms with van der Waals surface area (Å²) in [6.07, 6.45) is -0.522. The van der Waals surface area contributed by atoms with E-state index in [9.17, 15) is 5.11 Å². The highest BCUT2D eigenvalue weighted by molar-refractivity contribution is 14.1. The first kappa shape index (κ1) is 21.9. The number of hydrogen-bond donors (Lipinski definition) is 1. The van der Waals surface area contributed by atoms with Crippen LogP contribution >= 0.6 is 22.6 Å². The Labute approximate surface area is 200 Å². The molecule has 7 heteroatoms. The first-order valence-corrected chi connectivity index (χ1v) is 11.7. The van der Waals surface area contributed by atoms with E-state index in [2.05, 4.69) is 33.6 Å². The molecule has 2 aliphatic rings. The molecule has 0 amide bonds. The van der Waals surface area contributed by atoms with Crippen LogP contribution in [0.2, 0.25) is 0 Å². The molecule has 0 aliphatic carbocycles. The maximum absolute atomic E-state index is 10.2. The average molecular weight is 545 g/mol. The number of aromatic nitrogens is 1. The van der Waals surface area contributed by atoms with Crippen LogP contribution in [0.4, 0.5) is 0 Å². The highest BCUT2D eigenvalue weighted by Crippen LogP contribution is 2.41. The van der Waals surface area contributed by atoms with Gasteiger partial charge in [-0.1, -0.05) is 66.7 Å². The number of aliphatic hydroxyl groups is 1. The van der Waals surface area contributed by atoms with Gasteiger partial charge in [0.25, 0.3) is 0 Å². The predicted molar refractivity (Wildman–Crippen MR) is 126 cm³/mol. The van der Waals surface area contributed by atoms with Crippen LogP contribution in [-0.2, 0) is 25.4 Å². The van der Waals surface area contributed by atoms with Gasteiger partial charge in [-0.15, -0.1) is 0 Å². The van der Waals surface area contributed by atoms with Crippen LogP contribution in [0.15, 0.2) is 79.0 Å². The Morgan fingerprint density at radius 3 is 1.84 bits per heavy atom. The van der Waals surface area contributed by atoms with Crippen LogP contribution < -0.4 is 0 Å². The Kier molecular flexibility index (Phi) is 6.82. The molecule has 6 nitrogen and oxygen atoms in total. The topological polar surface area (TPSA) is 70.0 Å². The molecule has 2 aromatic carbocycles. The van der Waals surface area contributed by atoms with Gasteiger partial charge in [0.1, 0.15) is 22.0 Å². The number of hydrogen-bond acceptors (Lipinski definition) is 6. The molecule has 0 radical (unpaired) electrons. The monoisotopic (exact) mass is 545 g/mol. The molecule has 1 N–H and O–H groups in total. The van der Waals surface area contributed by atoms with Crippen molar-refractivity contribution in [3.63, 3.8) is 0 Å². The highest BCUT2D eigenvalue weighted by atomic mass is 127. The Morgan fingerprint density at radius 1 is 0.719 bits per heavy atom. The van der Waals surface area contributed by atoms with Crippen molar-refractivity contribution in [2.45, 2.75) is 43.4 Å². The summed E-state index contributed by atoms with van der Waals surface area (Å²) in [5, 5.41) is 10.2. The Hall–Kier alpha value is -1.88. The zero-order valence-electron chi connectivity index (χ0n) is 17.3. The highest BCUT2D eigenvalue weighted by Gasteiger charge is 2.50. The van der Waals surface area contributed by atoms with E-state index in [0.29, 0.717) is 6.42 Å². The van der Waals surface area contributed by atoms with Crippen molar-refractivity contribution in [3.05, 3.63) is 99.4 Å². The zero-order valence-corrected chi connectivity index (χ0v) is 19.4. The minimum Gasteiger partial charge on any atom is -0.394 e. The van der Waals surface area contributed by atoms with Gasteiger partial charge < -0.3 is 24.1 Å². The second-order valence-corrected chi connectivity index (χ2v) is 8.90. The molecular formula is C25H24INO5. The predicted octanol–water partition coefficient (Wildman–Crippen LogP) is 4.19. The van der Waals surface area contributed by atoms with Gasteiger partial charge in [-0.2, -0.15) is 0 Å². The summed E-state index contributed by atoms with van der Waals surface area (Å²) >= 11 is 2.24. The van der Waals surface area contributed by atoms with Crippen LogP contribution in [0.3, 0.4) is 0 Å². The first-order chi connectivity index (χ1) is 15.7. The van der Waals surface area contributed by atoms with Gasteiger partial charge in [0.15, 0.2) is 12.6 Å². The molecule has 2 fully saturated rings. The number of ether oxygens (including phenoxy) is 4. The quantitative estimate of drug-likeness (QED) is 0.383. The summed E-state index contributed by atoms with van der Waals surface area (Å²) in [5.41, 5.74) is 2.89. The summed E-state index contributed by atoms with van der Waals surface area (Å²) in [6.45, 7) is -0.174. The molecule has 32 heavy (non-hydrogen) atoms. The Bertz CT molecular complexity index is 1020. The lowest BCUT2D eigenvalue weighted by atomic mass is 9.94. The van der Waals surface area contributed by atoms with Crippen molar-refractivity contribution in [2.24, 2.45) is 0 Å². The fourth-order valence-electron chi connectivity index (χ4n) is 4.21. The SMILES string of the molecule is OC[C@H]1OC(c2ccccc2)O[C@@H]2[C@@H]1OC(c1ccccc1)O[C@@H]2Cc1cccnc1I. The normalized spacial score (nSPS) is 29.9. The zero-order chi connectivity index (χ0) is 21.9. The van der Waals surface area contributed by atoms with Gasteiger partial charge in [-0.25, -0.2) is 0 Å². The molecule has 6 atom stereocenters. The fourth-order valence-corrected chi connectivity index (χ4v) is 4.77. The minimum absolute atomic E-state index is 0.174. The molecule has 0 saturated carbocycles. The summed E-state index contributed by atoms with van der Waals surface area (Å²) in [7, 11) is 0. The van der Waals surface area contributed by atoms with Crippen LogP contribution in [0.1, 0.15) is 29.3 Å². The number of halogens is 1. The molecule has 3 heterocycles. The maximum Gasteiger partial charge on any atom is 0.184 e. The molecule has 0 bridgehead atoms. The van der Waals surface area contributed by atoms with E-state index in [4.69, 9.17) is 18.9 Å². The standard InChI is InChI=1S/C25H24INO5/c26-23-18(12-7-13-27-23)14-19-21-22(32-24(29-19)16-8-3-1-4-9-16)20(15-28)30-25(31-21)17-10-5-2-6-11-17/h1-13,19-22,24-25,28H,14-15H2/t19-,20-,21+,22-,24?,25?/m1/s1. The second kappa shape index (κ2) is 9.94. The van der Waals surface area contributed by atoms with Crippen molar-refractivity contribution >= 4 is 22.6 Å². The summed E-state index contributed by atoms with van der Waals surface area (Å²) in [4.78, 5) is 4.41. The molecule has 166 valence electrons. The van der Waals surface area contributed by atoms with Gasteiger partial charge in [-0.3, -0.25) is 4.98 Å². The fraction of sp³-hybridized carbons (Fsp3) is 0.320. The number of fused-ring (bicyclic) bond motifs is 1. The summed E-state index contributed by atoms with van der Waals surface area (Å²) in [6, 6.07) is 23.5. The van der Waals surface area contributed by atoms with Crippen molar-refractivity contribution < 1.29 is 24.1 Å². The van der Waals surface area contributed by atoms with Crippen molar-refractivity contribution in [2.75, 3.05) is 6.61 Å². The van der Waals surface area contributed by atoms with Crippen LogP contribution in [0.25, 0.3) is 0 Å². The third-order valence-electron chi connectivity index (χ3n) is 5.80. The van der Waals surface area contributed by atoms with E-state index in [1.165, 1.54) is 0 Å². The molecule has 1 aromatic heterocycles. The van der Waals surface area contributed by atoms with Crippen molar-refractivity contribution in [1.29, 1.82) is 0 Å². The summed E-state index contributed by atoms with van der Waals surface area (Å²) < 4.78 is 26.2. The van der Waals surface area contributed by atoms with E-state index in [-0.39, 0.29) is 12.7 Å². The third kappa shape index (κ3) is 4.59. The third-order valence-corrected chi connectivity index (χ3v) is 6.77. The summed E-state index contributed by atoms with van der Waals surface area (Å²) in [5.74, 6) is 0. The lowest BCUT2D eigenvalue weighted by molar-refractivity contribution is -0.384. The average Bonchev–Trinajstić information content (AvgIpc) is 2.86. The first-order valence-electron chi connectivity index (χ1n) is 10.6. The largest absolute Gasteiger partial charge is 0.394 e. The molecule has 3 aromatic rings. The van der Waals surface area contributed by atoms with Crippen LogP contribution in [-0.4, -0.2) is 41.1 Å². The molecule has 2 aliphatic heterocycles. The van der Waals surface area contributed by atoms with E-state index in [1.807, 2.05) is 66.7 Å². The van der Waals surface area contributed by atoms with Gasteiger partial charge in [0.2, 0.25) is 0 Å². The van der Waals surface area contributed by atoms with Crippen LogP contribution in [0.5, 0.6) is 0 Å². The number of aliphatic hydroxyl groups excluding tert-OH is 1. The van der Waals surface area contributed by atoms with E-state index in [0.717, 1.165) is 20.4 Å². The Balaban J connectivity index is 1.48. The smallest absolute Gasteiger partial charge is 0.184 e. The molecule has 2 saturated heterocycles. The van der Waals surface area contributed by atoms with Crippen molar-refractivity contribution in [3.8, 4) is 0 Å². The van der Waals surface area contributed by atoms with Gasteiger partial charge >= 0.3 is 0 Å². The number of pyridine rings is 1. The van der Waals surface area contributed by atoms with Gasteiger partial charge in [-0.05, 0) is 34.2 Å². The molecule has 2 unspecified atom stereocenters. The number of nitrogens with zero attached hydrogens (tertiary/aromatic N) is 1. The van der Waals surface area contributed by atoms with E-state index >= 15 is 0 Å². The van der Waals surface area contributed by atoms with Gasteiger partial charge in [0.05, 0.1) is 12.7 Å². The Morgan fingerprint density at radius 2 is 1.28 bits per heavy atom. The van der Waals surface area contributed by atoms with Crippen molar-refractivity contribution in [1.82, 2.24) is 4.98 Å². The lowest BCUT2D eigenvalue weighted by Crippen LogP contribution is -2.59. The van der Waals surface area contributed by atoms with Crippen LogP contribution in [0, 0.1) is 3.70 Å². The number of benzene rings is 2. The maximum atomic E-state index is 10.2. The van der Waals surface area contributed by atoms with E-state index < -0.39 is 30.9 Å². The molecule has 0 spiro atoms. The molecule has 5 rings (SSSR count). The van der Waals surface area contributed by atoms with Gasteiger partial charge in [0, 0.05) is 23.7 Å².